The molecule has 7 heteroatoms. The average Bonchev–Trinajstić information content (AvgIpc) is 2.96. The normalized spacial score (nSPS) is 22.0. The highest BCUT2D eigenvalue weighted by Gasteiger charge is 2.43. The van der Waals surface area contributed by atoms with Crippen molar-refractivity contribution in [3.8, 4) is 5.75 Å². The Morgan fingerprint density at radius 2 is 2.00 bits per heavy atom. The van der Waals surface area contributed by atoms with E-state index in [1.54, 1.807) is 24.3 Å². The van der Waals surface area contributed by atoms with Crippen LogP contribution in [0.3, 0.4) is 0 Å². The second kappa shape index (κ2) is 5.93. The lowest BCUT2D eigenvalue weighted by Crippen LogP contribution is -2.40. The molecular weight excluding hydrogens is 294 g/mol. The molecule has 0 spiro atoms. The molecule has 21 heavy (non-hydrogen) atoms. The molecule has 1 fully saturated rings. The molecule has 1 aromatic carbocycles. The molecule has 1 aliphatic carbocycles. The number of aliphatic carboxylic acids is 1. The Kier molecular flexibility index (Phi) is 4.41. The van der Waals surface area contributed by atoms with Crippen LogP contribution in [0.4, 0.5) is 5.69 Å². The third-order valence-electron chi connectivity index (χ3n) is 3.96. The van der Waals surface area contributed by atoms with E-state index in [9.17, 15) is 18.3 Å². The molecule has 1 aromatic rings. The molecule has 0 aromatic heterocycles. The van der Waals surface area contributed by atoms with Gasteiger partial charge in [0.25, 0.3) is 0 Å². The smallest absolute Gasteiger partial charge is 0.307 e. The van der Waals surface area contributed by atoms with Crippen LogP contribution in [0.1, 0.15) is 19.3 Å². The Morgan fingerprint density at radius 3 is 2.62 bits per heavy atom. The summed E-state index contributed by atoms with van der Waals surface area (Å²) in [5.74, 6) is -1.45. The predicted octanol–water partition coefficient (Wildman–Crippen LogP) is 1.71. The number of hydrogen-bond donors (Lipinski definition) is 1. The predicted molar refractivity (Wildman–Crippen MR) is 79.1 cm³/mol. The van der Waals surface area contributed by atoms with Crippen molar-refractivity contribution in [3.05, 3.63) is 24.3 Å². The number of methoxy groups -OCH3 is 1. The van der Waals surface area contributed by atoms with E-state index in [1.165, 1.54) is 14.2 Å². The van der Waals surface area contributed by atoms with Gasteiger partial charge < -0.3 is 9.84 Å². The highest BCUT2D eigenvalue weighted by Crippen LogP contribution is 2.36. The number of nitrogens with zero attached hydrogens (tertiary/aromatic N) is 1. The molecule has 0 saturated heterocycles. The van der Waals surface area contributed by atoms with Crippen molar-refractivity contribution < 1.29 is 23.1 Å². The van der Waals surface area contributed by atoms with Gasteiger partial charge in [-0.1, -0.05) is 18.6 Å². The van der Waals surface area contributed by atoms with Crippen molar-refractivity contribution in [2.75, 3.05) is 18.5 Å². The number of hydrogen-bond acceptors (Lipinski definition) is 4. The number of anilines is 1. The number of carbonyl (C=O) groups is 1. The van der Waals surface area contributed by atoms with Gasteiger partial charge in [-0.2, -0.15) is 0 Å². The van der Waals surface area contributed by atoms with Crippen LogP contribution >= 0.6 is 0 Å². The molecule has 0 radical (unpaired) electrons. The molecule has 2 rings (SSSR count). The lowest BCUT2D eigenvalue weighted by Gasteiger charge is -2.26. The third kappa shape index (κ3) is 2.83. The summed E-state index contributed by atoms with van der Waals surface area (Å²) < 4.78 is 31.8. The number of para-hydroxylation sites is 2. The van der Waals surface area contributed by atoms with Crippen molar-refractivity contribution in [1.82, 2.24) is 0 Å². The van der Waals surface area contributed by atoms with Gasteiger partial charge in [0.05, 0.1) is 24.0 Å². The Balaban J connectivity index is 2.37. The summed E-state index contributed by atoms with van der Waals surface area (Å²) in [6.45, 7) is 0. The van der Waals surface area contributed by atoms with Gasteiger partial charge in [0, 0.05) is 7.05 Å². The third-order valence-corrected chi connectivity index (χ3v) is 6.25. The van der Waals surface area contributed by atoms with E-state index in [4.69, 9.17) is 4.74 Å². The number of sulfonamides is 1. The quantitative estimate of drug-likeness (QED) is 0.894. The van der Waals surface area contributed by atoms with Crippen LogP contribution in [0.25, 0.3) is 0 Å². The number of carboxylic acid groups (broad SMARTS) is 1. The first-order valence-corrected chi connectivity index (χ1v) is 8.23. The fraction of sp³-hybridized carbons (Fsp3) is 0.500. The number of rotatable bonds is 5. The zero-order valence-electron chi connectivity index (χ0n) is 12.0. The molecule has 1 aliphatic rings. The number of ether oxygens (including phenoxy) is 1. The van der Waals surface area contributed by atoms with Gasteiger partial charge in [-0.05, 0) is 25.0 Å². The van der Waals surface area contributed by atoms with Gasteiger partial charge in [-0.15, -0.1) is 0 Å². The summed E-state index contributed by atoms with van der Waals surface area (Å²) in [6, 6.07) is 6.78. The van der Waals surface area contributed by atoms with Crippen molar-refractivity contribution in [3.63, 3.8) is 0 Å². The molecule has 0 bridgehead atoms. The second-order valence-electron chi connectivity index (χ2n) is 5.10. The molecule has 1 N–H and O–H groups in total. The zero-order chi connectivity index (χ0) is 15.6. The van der Waals surface area contributed by atoms with Crippen LogP contribution < -0.4 is 9.04 Å². The van der Waals surface area contributed by atoms with Crippen molar-refractivity contribution in [1.29, 1.82) is 0 Å². The first-order chi connectivity index (χ1) is 9.89. The van der Waals surface area contributed by atoms with Crippen molar-refractivity contribution >= 4 is 21.7 Å². The van der Waals surface area contributed by atoms with Gasteiger partial charge in [0.2, 0.25) is 10.0 Å². The van der Waals surface area contributed by atoms with Crippen molar-refractivity contribution in [2.45, 2.75) is 24.5 Å². The molecular formula is C14H19NO5S. The van der Waals surface area contributed by atoms with E-state index in [-0.39, 0.29) is 0 Å². The monoisotopic (exact) mass is 313 g/mol. The molecule has 0 amide bonds. The standard InChI is InChI=1S/C14H19NO5S/c1-15(11-7-3-4-8-12(11)20-2)21(18,19)13-9-5-6-10(13)14(16)17/h3-4,7-8,10,13H,5-6,9H2,1-2H3,(H,16,17). The largest absolute Gasteiger partial charge is 0.495 e. The summed E-state index contributed by atoms with van der Waals surface area (Å²) in [7, 11) is -0.844. The van der Waals surface area contributed by atoms with E-state index in [0.29, 0.717) is 30.7 Å². The molecule has 0 aliphatic heterocycles. The van der Waals surface area contributed by atoms with Crippen molar-refractivity contribution in [2.24, 2.45) is 5.92 Å². The lowest BCUT2D eigenvalue weighted by atomic mass is 10.1. The molecule has 0 heterocycles. The van der Waals surface area contributed by atoms with E-state index in [2.05, 4.69) is 0 Å². The Labute approximate surface area is 124 Å². The van der Waals surface area contributed by atoms with Crippen LogP contribution in [-0.4, -0.2) is 38.9 Å². The van der Waals surface area contributed by atoms with Crippen LogP contribution in [0, 0.1) is 5.92 Å². The topological polar surface area (TPSA) is 83.9 Å². The van der Waals surface area contributed by atoms with Crippen LogP contribution in [-0.2, 0) is 14.8 Å². The van der Waals surface area contributed by atoms with Gasteiger partial charge >= 0.3 is 5.97 Å². The first-order valence-electron chi connectivity index (χ1n) is 6.73. The highest BCUT2D eigenvalue weighted by atomic mass is 32.2. The summed E-state index contributed by atoms with van der Waals surface area (Å²) in [6.07, 6.45) is 1.39. The van der Waals surface area contributed by atoms with Crippen LogP contribution in [0.5, 0.6) is 5.75 Å². The maximum Gasteiger partial charge on any atom is 0.307 e. The number of carboxylic acids is 1. The number of benzene rings is 1. The Hall–Kier alpha value is -1.76. The Morgan fingerprint density at radius 1 is 1.33 bits per heavy atom. The minimum Gasteiger partial charge on any atom is -0.495 e. The minimum atomic E-state index is -3.75. The van der Waals surface area contributed by atoms with E-state index >= 15 is 0 Å². The summed E-state index contributed by atoms with van der Waals surface area (Å²) in [5, 5.41) is 8.31. The van der Waals surface area contributed by atoms with E-state index < -0.39 is 27.2 Å². The maximum atomic E-state index is 12.7. The second-order valence-corrected chi connectivity index (χ2v) is 7.28. The SMILES string of the molecule is COc1ccccc1N(C)S(=O)(=O)C1CCCC1C(=O)O. The van der Waals surface area contributed by atoms with E-state index in [1.807, 2.05) is 0 Å². The fourth-order valence-electron chi connectivity index (χ4n) is 2.80. The lowest BCUT2D eigenvalue weighted by molar-refractivity contribution is -0.141. The summed E-state index contributed by atoms with van der Waals surface area (Å²) in [4.78, 5) is 11.2. The highest BCUT2D eigenvalue weighted by molar-refractivity contribution is 7.93. The molecule has 116 valence electrons. The Bertz CT molecular complexity index is 628. The van der Waals surface area contributed by atoms with Gasteiger partial charge in [0.1, 0.15) is 5.75 Å². The molecule has 2 unspecified atom stereocenters. The maximum absolute atomic E-state index is 12.7. The van der Waals surface area contributed by atoms with Gasteiger partial charge in [-0.3, -0.25) is 9.10 Å². The first kappa shape index (κ1) is 15.6. The summed E-state index contributed by atoms with van der Waals surface area (Å²) in [5.41, 5.74) is 0.413. The van der Waals surface area contributed by atoms with Gasteiger partial charge in [0.15, 0.2) is 0 Å². The fourth-order valence-corrected chi connectivity index (χ4v) is 4.76. The van der Waals surface area contributed by atoms with Crippen LogP contribution in [0.2, 0.25) is 0 Å². The molecule has 6 nitrogen and oxygen atoms in total. The minimum absolute atomic E-state index is 0.374. The van der Waals surface area contributed by atoms with E-state index in [0.717, 1.165) is 4.31 Å². The zero-order valence-corrected chi connectivity index (χ0v) is 12.8. The summed E-state index contributed by atoms with van der Waals surface area (Å²) >= 11 is 0. The molecule has 1 saturated carbocycles. The average molecular weight is 313 g/mol. The van der Waals surface area contributed by atoms with Gasteiger partial charge in [-0.25, -0.2) is 8.42 Å². The molecule has 2 atom stereocenters. The van der Waals surface area contributed by atoms with Crippen LogP contribution in [0.15, 0.2) is 24.3 Å².